The Morgan fingerprint density at radius 3 is 2.48 bits per heavy atom. The highest BCUT2D eigenvalue weighted by Gasteiger charge is 2.32. The first-order valence-electron chi connectivity index (χ1n) is 7.07. The number of nitrogen functional groups attached to an aromatic ring is 1. The van der Waals surface area contributed by atoms with E-state index in [1.54, 1.807) is 12.1 Å². The molecule has 1 aliphatic rings. The van der Waals surface area contributed by atoms with Crippen molar-refractivity contribution in [2.75, 3.05) is 23.8 Å². The van der Waals surface area contributed by atoms with E-state index in [1.165, 1.54) is 11.8 Å². The van der Waals surface area contributed by atoms with Gasteiger partial charge in [-0.15, -0.1) is 11.8 Å². The molecule has 118 valence electrons. The zero-order chi connectivity index (χ0) is 15.3. The number of anilines is 1. The van der Waals surface area contributed by atoms with Gasteiger partial charge in [-0.25, -0.2) is 13.1 Å². The Kier molecular flexibility index (Phi) is 5.54. The summed E-state index contributed by atoms with van der Waals surface area (Å²) in [5, 5.41) is 10.1. The van der Waals surface area contributed by atoms with Gasteiger partial charge < -0.3 is 10.8 Å². The van der Waals surface area contributed by atoms with Crippen LogP contribution in [0, 0.1) is 0 Å². The fourth-order valence-corrected chi connectivity index (χ4v) is 4.77. The number of sulfonamides is 1. The third-order valence-electron chi connectivity index (χ3n) is 3.66. The molecule has 0 heterocycles. The van der Waals surface area contributed by atoms with Crippen LogP contribution in [0.25, 0.3) is 0 Å². The van der Waals surface area contributed by atoms with Gasteiger partial charge in [-0.3, -0.25) is 0 Å². The standard InChI is InChI=1S/C14H22N2O3S2/c15-12-3-5-13(6-4-12)20-9-10-21(18,19)16-11-14(17)7-1-2-8-14/h3-6,16-17H,1-2,7-11,15H2. The fourth-order valence-electron chi connectivity index (χ4n) is 2.36. The SMILES string of the molecule is Nc1ccc(SCCS(=O)(=O)NCC2(O)CCCC2)cc1. The topological polar surface area (TPSA) is 92.4 Å². The van der Waals surface area contributed by atoms with Crippen LogP contribution in [0.5, 0.6) is 0 Å². The summed E-state index contributed by atoms with van der Waals surface area (Å²) < 4.78 is 26.4. The predicted octanol–water partition coefficient (Wildman–Crippen LogP) is 1.59. The fraction of sp³-hybridized carbons (Fsp3) is 0.571. The van der Waals surface area contributed by atoms with Gasteiger partial charge in [0.2, 0.25) is 10.0 Å². The van der Waals surface area contributed by atoms with Crippen molar-refractivity contribution in [1.82, 2.24) is 4.72 Å². The highest BCUT2D eigenvalue weighted by molar-refractivity contribution is 8.00. The van der Waals surface area contributed by atoms with Crippen molar-refractivity contribution in [2.24, 2.45) is 0 Å². The molecule has 0 amide bonds. The molecule has 1 fully saturated rings. The molecule has 0 radical (unpaired) electrons. The third-order valence-corrected chi connectivity index (χ3v) is 6.25. The first-order valence-corrected chi connectivity index (χ1v) is 9.70. The van der Waals surface area contributed by atoms with E-state index in [0.29, 0.717) is 24.3 Å². The summed E-state index contributed by atoms with van der Waals surface area (Å²) in [6.07, 6.45) is 3.28. The lowest BCUT2D eigenvalue weighted by atomic mass is 10.0. The van der Waals surface area contributed by atoms with Crippen molar-refractivity contribution < 1.29 is 13.5 Å². The van der Waals surface area contributed by atoms with Gasteiger partial charge in [0.1, 0.15) is 0 Å². The average Bonchev–Trinajstić information content (AvgIpc) is 2.87. The maximum absolute atomic E-state index is 11.9. The summed E-state index contributed by atoms with van der Waals surface area (Å²) in [6, 6.07) is 7.35. The molecular weight excluding hydrogens is 308 g/mol. The molecule has 5 nitrogen and oxygen atoms in total. The highest BCUT2D eigenvalue weighted by atomic mass is 32.2. The molecule has 0 spiro atoms. The van der Waals surface area contributed by atoms with E-state index in [9.17, 15) is 13.5 Å². The largest absolute Gasteiger partial charge is 0.399 e. The Balaban J connectivity index is 1.74. The van der Waals surface area contributed by atoms with E-state index >= 15 is 0 Å². The Morgan fingerprint density at radius 2 is 1.86 bits per heavy atom. The van der Waals surface area contributed by atoms with Crippen LogP contribution in [-0.4, -0.2) is 37.2 Å². The van der Waals surface area contributed by atoms with Crippen LogP contribution in [0.1, 0.15) is 25.7 Å². The number of hydrogen-bond acceptors (Lipinski definition) is 5. The van der Waals surface area contributed by atoms with Crippen LogP contribution < -0.4 is 10.5 Å². The van der Waals surface area contributed by atoms with E-state index in [-0.39, 0.29) is 12.3 Å². The van der Waals surface area contributed by atoms with E-state index in [1.807, 2.05) is 12.1 Å². The Morgan fingerprint density at radius 1 is 1.24 bits per heavy atom. The van der Waals surface area contributed by atoms with E-state index < -0.39 is 15.6 Å². The first kappa shape index (κ1) is 16.6. The Labute approximate surface area is 130 Å². The molecule has 1 saturated carbocycles. The van der Waals surface area contributed by atoms with Crippen LogP contribution in [0.3, 0.4) is 0 Å². The van der Waals surface area contributed by atoms with E-state index in [0.717, 1.165) is 17.7 Å². The zero-order valence-corrected chi connectivity index (χ0v) is 13.5. The predicted molar refractivity (Wildman–Crippen MR) is 86.8 cm³/mol. The molecular formula is C14H22N2O3S2. The number of nitrogens with two attached hydrogens (primary N) is 1. The van der Waals surface area contributed by atoms with Crippen molar-refractivity contribution in [3.05, 3.63) is 24.3 Å². The first-order chi connectivity index (χ1) is 9.89. The summed E-state index contributed by atoms with van der Waals surface area (Å²) in [6.45, 7) is 0.127. The average molecular weight is 330 g/mol. The quantitative estimate of drug-likeness (QED) is 0.521. The molecule has 7 heteroatoms. The maximum Gasteiger partial charge on any atom is 0.212 e. The van der Waals surface area contributed by atoms with Gasteiger partial charge in [-0.2, -0.15) is 0 Å². The smallest absolute Gasteiger partial charge is 0.212 e. The number of thioether (sulfide) groups is 1. The Bertz CT molecular complexity index is 552. The summed E-state index contributed by atoms with van der Waals surface area (Å²) in [4.78, 5) is 0.994. The number of benzene rings is 1. The molecule has 1 aliphatic carbocycles. The minimum atomic E-state index is -3.34. The van der Waals surface area contributed by atoms with Crippen molar-refractivity contribution in [2.45, 2.75) is 36.2 Å². The summed E-state index contributed by atoms with van der Waals surface area (Å²) in [5.41, 5.74) is 5.44. The number of aliphatic hydroxyl groups is 1. The molecule has 0 unspecified atom stereocenters. The summed E-state index contributed by atoms with van der Waals surface area (Å²) in [7, 11) is -3.34. The van der Waals surface area contributed by atoms with Gasteiger partial charge in [0.25, 0.3) is 0 Å². The number of hydrogen-bond donors (Lipinski definition) is 3. The molecule has 2 rings (SSSR count). The summed E-state index contributed by atoms with van der Waals surface area (Å²) >= 11 is 1.48. The van der Waals surface area contributed by atoms with Gasteiger partial charge in [0.05, 0.1) is 11.4 Å². The van der Waals surface area contributed by atoms with Gasteiger partial charge in [-0.05, 0) is 37.1 Å². The van der Waals surface area contributed by atoms with Crippen LogP contribution in [-0.2, 0) is 10.0 Å². The van der Waals surface area contributed by atoms with Gasteiger partial charge >= 0.3 is 0 Å². The second-order valence-electron chi connectivity index (χ2n) is 5.49. The zero-order valence-electron chi connectivity index (χ0n) is 11.9. The van der Waals surface area contributed by atoms with Crippen LogP contribution in [0.4, 0.5) is 5.69 Å². The highest BCUT2D eigenvalue weighted by Crippen LogP contribution is 2.28. The minimum absolute atomic E-state index is 0.0398. The molecule has 0 aliphatic heterocycles. The van der Waals surface area contributed by atoms with Crippen LogP contribution in [0.2, 0.25) is 0 Å². The van der Waals surface area contributed by atoms with Crippen molar-refractivity contribution in [1.29, 1.82) is 0 Å². The Hall–Kier alpha value is -0.760. The lowest BCUT2D eigenvalue weighted by Gasteiger charge is -2.22. The minimum Gasteiger partial charge on any atom is -0.399 e. The molecule has 4 N–H and O–H groups in total. The normalized spacial score (nSPS) is 18.0. The van der Waals surface area contributed by atoms with Gasteiger partial charge in [0, 0.05) is 22.9 Å². The molecule has 1 aromatic carbocycles. The molecule has 21 heavy (non-hydrogen) atoms. The number of rotatable bonds is 7. The van der Waals surface area contributed by atoms with E-state index in [4.69, 9.17) is 5.73 Å². The van der Waals surface area contributed by atoms with Crippen molar-refractivity contribution >= 4 is 27.5 Å². The van der Waals surface area contributed by atoms with Gasteiger partial charge in [0.15, 0.2) is 0 Å². The molecule has 0 atom stereocenters. The lowest BCUT2D eigenvalue weighted by Crippen LogP contribution is -2.41. The lowest BCUT2D eigenvalue weighted by molar-refractivity contribution is 0.0532. The molecule has 0 bridgehead atoms. The van der Waals surface area contributed by atoms with Crippen molar-refractivity contribution in [3.8, 4) is 0 Å². The van der Waals surface area contributed by atoms with Crippen LogP contribution in [0.15, 0.2) is 29.2 Å². The van der Waals surface area contributed by atoms with E-state index in [2.05, 4.69) is 4.72 Å². The van der Waals surface area contributed by atoms with Crippen molar-refractivity contribution in [3.63, 3.8) is 0 Å². The molecule has 0 saturated heterocycles. The maximum atomic E-state index is 11.9. The molecule has 0 aromatic heterocycles. The monoisotopic (exact) mass is 330 g/mol. The third kappa shape index (κ3) is 5.50. The van der Waals surface area contributed by atoms with Crippen LogP contribution >= 0.6 is 11.8 Å². The van der Waals surface area contributed by atoms with Gasteiger partial charge in [-0.1, -0.05) is 12.8 Å². The molecule has 1 aromatic rings. The second-order valence-corrected chi connectivity index (χ2v) is 8.58. The summed E-state index contributed by atoms with van der Waals surface area (Å²) in [5.74, 6) is 0.510. The number of nitrogens with one attached hydrogen (secondary N) is 1. The second kappa shape index (κ2) is 7.00.